The van der Waals surface area contributed by atoms with Crippen molar-refractivity contribution in [2.45, 2.75) is 85.5 Å². The summed E-state index contributed by atoms with van der Waals surface area (Å²) in [6.45, 7) is 8.64. The monoisotopic (exact) mass is 238 g/mol. The average molecular weight is 238 g/mol. The molecule has 0 aromatic heterocycles. The van der Waals surface area contributed by atoms with Gasteiger partial charge in [-0.3, -0.25) is 0 Å². The first-order chi connectivity index (χ1) is 8.38. The van der Waals surface area contributed by atoms with Gasteiger partial charge < -0.3 is 0 Å². The molecule has 2 atom stereocenters. The third kappa shape index (κ3) is 7.63. The first-order valence-electron chi connectivity index (χ1n) is 8.03. The Kier molecular flexibility index (Phi) is 12.0. The number of unbranched alkanes of at least 4 members (excludes halogenated alkanes) is 2. The molecule has 102 valence electrons. The minimum atomic E-state index is 1.01. The maximum atomic E-state index is 2.41. The third-order valence-corrected chi connectivity index (χ3v) is 3.81. The zero-order valence-electron chi connectivity index (χ0n) is 12.7. The van der Waals surface area contributed by atoms with Gasteiger partial charge in [0.15, 0.2) is 0 Å². The van der Waals surface area contributed by atoms with E-state index in [9.17, 15) is 0 Å². The van der Waals surface area contributed by atoms with Crippen LogP contribution in [0, 0.1) is 11.8 Å². The van der Waals surface area contributed by atoms with Crippen LogP contribution in [-0.4, -0.2) is 0 Å². The largest absolute Gasteiger partial charge is 0.0885 e. The summed E-state index contributed by atoms with van der Waals surface area (Å²) in [5.74, 6) is 2.03. The summed E-state index contributed by atoms with van der Waals surface area (Å²) in [7, 11) is 0. The van der Waals surface area contributed by atoms with Crippen LogP contribution >= 0.6 is 0 Å². The molecule has 17 heavy (non-hydrogen) atoms. The molecule has 0 amide bonds. The van der Waals surface area contributed by atoms with Crippen LogP contribution in [0.15, 0.2) is 12.2 Å². The molecule has 0 nitrogen and oxygen atoms in total. The maximum Gasteiger partial charge on any atom is -0.0319 e. The van der Waals surface area contributed by atoms with Crippen molar-refractivity contribution in [3.8, 4) is 0 Å². The van der Waals surface area contributed by atoms with Crippen LogP contribution in [-0.2, 0) is 0 Å². The molecule has 0 bridgehead atoms. The predicted octanol–water partition coefficient (Wildman–Crippen LogP) is 6.37. The van der Waals surface area contributed by atoms with E-state index in [1.165, 1.54) is 57.8 Å². The molecular weight excluding hydrogens is 204 g/mol. The van der Waals surface area contributed by atoms with Gasteiger partial charge in [-0.1, -0.05) is 78.4 Å². The lowest BCUT2D eigenvalue weighted by molar-refractivity contribution is 0.265. The maximum absolute atomic E-state index is 2.41. The topological polar surface area (TPSA) is 0 Å². The lowest BCUT2D eigenvalue weighted by atomic mass is 9.78. The van der Waals surface area contributed by atoms with Crippen LogP contribution in [0.1, 0.15) is 85.5 Å². The molecule has 0 radical (unpaired) electrons. The van der Waals surface area contributed by atoms with E-state index >= 15 is 0 Å². The van der Waals surface area contributed by atoms with Crippen LogP contribution in [0.25, 0.3) is 0 Å². The zero-order chi connectivity index (χ0) is 12.9. The Bertz CT molecular complexity index is 169. The van der Waals surface area contributed by atoms with Crippen molar-refractivity contribution in [3.05, 3.63) is 12.2 Å². The molecule has 1 rings (SSSR count). The predicted molar refractivity (Wildman–Crippen MR) is 80.4 cm³/mol. The van der Waals surface area contributed by atoms with Crippen molar-refractivity contribution < 1.29 is 0 Å². The van der Waals surface area contributed by atoms with E-state index in [1.54, 1.807) is 0 Å². The lowest BCUT2D eigenvalue weighted by Gasteiger charge is -2.28. The molecule has 0 aliphatic heterocycles. The molecule has 1 aliphatic rings. The molecule has 0 saturated heterocycles. The summed E-state index contributed by atoms with van der Waals surface area (Å²) in [5.41, 5.74) is 0. The molecular formula is C17H34. The number of allylic oxidation sites excluding steroid dienone is 2. The Labute approximate surface area is 110 Å². The zero-order valence-corrected chi connectivity index (χ0v) is 12.7. The van der Waals surface area contributed by atoms with Crippen LogP contribution < -0.4 is 0 Å². The average Bonchev–Trinajstić information content (AvgIpc) is 2.41. The van der Waals surface area contributed by atoms with Gasteiger partial charge >= 0.3 is 0 Å². The summed E-state index contributed by atoms with van der Waals surface area (Å²) in [6, 6.07) is 0. The van der Waals surface area contributed by atoms with E-state index in [-0.39, 0.29) is 0 Å². The van der Waals surface area contributed by atoms with Crippen LogP contribution in [0.5, 0.6) is 0 Å². The van der Waals surface area contributed by atoms with Crippen molar-refractivity contribution in [1.29, 1.82) is 0 Å². The van der Waals surface area contributed by atoms with Gasteiger partial charge in [-0.2, -0.15) is 0 Å². The Morgan fingerprint density at radius 1 is 1.00 bits per heavy atom. The van der Waals surface area contributed by atoms with Crippen molar-refractivity contribution >= 4 is 0 Å². The Balaban J connectivity index is 0.00000121. The highest BCUT2D eigenvalue weighted by Gasteiger charge is 2.20. The molecule has 0 fully saturated rings. The summed E-state index contributed by atoms with van der Waals surface area (Å²) < 4.78 is 0. The molecule has 0 aromatic carbocycles. The fraction of sp³-hybridized carbons (Fsp3) is 0.882. The summed E-state index contributed by atoms with van der Waals surface area (Å²) >= 11 is 0. The summed E-state index contributed by atoms with van der Waals surface area (Å²) in [6.07, 6.45) is 17.5. The van der Waals surface area contributed by atoms with Gasteiger partial charge in [0, 0.05) is 0 Å². The quantitative estimate of drug-likeness (QED) is 0.357. The number of hydrogen-bond donors (Lipinski definition) is 0. The van der Waals surface area contributed by atoms with E-state index in [0.717, 1.165) is 11.8 Å². The number of rotatable bonds is 7. The normalized spacial score (nSPS) is 20.6. The Morgan fingerprint density at radius 3 is 2.29 bits per heavy atom. The van der Waals surface area contributed by atoms with E-state index in [1.807, 2.05) is 13.8 Å². The first-order valence-corrected chi connectivity index (χ1v) is 8.03. The van der Waals surface area contributed by atoms with Gasteiger partial charge in [0.1, 0.15) is 0 Å². The molecule has 0 spiro atoms. The van der Waals surface area contributed by atoms with Crippen molar-refractivity contribution in [2.24, 2.45) is 11.8 Å². The van der Waals surface area contributed by atoms with Gasteiger partial charge in [-0.05, 0) is 31.1 Å². The fourth-order valence-corrected chi connectivity index (χ4v) is 2.89. The molecule has 0 heteroatoms. The SMILES string of the molecule is CC.CCCCCC(CCC)C1CC=CCC1. The fourth-order valence-electron chi connectivity index (χ4n) is 2.89. The minimum absolute atomic E-state index is 1.01. The van der Waals surface area contributed by atoms with E-state index in [2.05, 4.69) is 26.0 Å². The molecule has 1 aliphatic carbocycles. The molecule has 2 unspecified atom stereocenters. The summed E-state index contributed by atoms with van der Waals surface area (Å²) in [4.78, 5) is 0. The minimum Gasteiger partial charge on any atom is -0.0885 e. The van der Waals surface area contributed by atoms with Gasteiger partial charge in [-0.15, -0.1) is 0 Å². The highest BCUT2D eigenvalue weighted by Crippen LogP contribution is 2.32. The summed E-state index contributed by atoms with van der Waals surface area (Å²) in [5, 5.41) is 0. The highest BCUT2D eigenvalue weighted by atomic mass is 14.3. The van der Waals surface area contributed by atoms with Crippen molar-refractivity contribution in [3.63, 3.8) is 0 Å². The highest BCUT2D eigenvalue weighted by molar-refractivity contribution is 4.91. The second-order valence-corrected chi connectivity index (χ2v) is 5.09. The van der Waals surface area contributed by atoms with Crippen molar-refractivity contribution in [2.75, 3.05) is 0 Å². The molecule has 0 N–H and O–H groups in total. The van der Waals surface area contributed by atoms with Gasteiger partial charge in [0.25, 0.3) is 0 Å². The van der Waals surface area contributed by atoms with Crippen LogP contribution in [0.2, 0.25) is 0 Å². The Hall–Kier alpha value is -0.260. The van der Waals surface area contributed by atoms with E-state index in [0.29, 0.717) is 0 Å². The molecule has 0 saturated carbocycles. The number of hydrogen-bond acceptors (Lipinski definition) is 0. The van der Waals surface area contributed by atoms with E-state index in [4.69, 9.17) is 0 Å². The Morgan fingerprint density at radius 2 is 1.76 bits per heavy atom. The van der Waals surface area contributed by atoms with Gasteiger partial charge in [0.05, 0.1) is 0 Å². The van der Waals surface area contributed by atoms with Crippen molar-refractivity contribution in [1.82, 2.24) is 0 Å². The molecule has 0 aromatic rings. The van der Waals surface area contributed by atoms with Crippen LogP contribution in [0.3, 0.4) is 0 Å². The third-order valence-electron chi connectivity index (χ3n) is 3.81. The van der Waals surface area contributed by atoms with Gasteiger partial charge in [0.2, 0.25) is 0 Å². The van der Waals surface area contributed by atoms with Crippen LogP contribution in [0.4, 0.5) is 0 Å². The second-order valence-electron chi connectivity index (χ2n) is 5.09. The smallest absolute Gasteiger partial charge is 0.0319 e. The lowest BCUT2D eigenvalue weighted by Crippen LogP contribution is -2.16. The second kappa shape index (κ2) is 12.2. The molecule has 0 heterocycles. The standard InChI is InChI=1S/C15H28.C2H6/c1-3-5-7-11-14(10-4-2)15-12-8-6-9-13-15;1-2/h6,8,14-15H,3-5,7,9-13H2,1-2H3;1-2H3. The first kappa shape index (κ1) is 16.7. The van der Waals surface area contributed by atoms with E-state index < -0.39 is 0 Å². The van der Waals surface area contributed by atoms with Gasteiger partial charge in [-0.25, -0.2) is 0 Å².